The van der Waals surface area contributed by atoms with Crippen molar-refractivity contribution in [1.29, 1.82) is 0 Å². The van der Waals surface area contributed by atoms with Gasteiger partial charge in [0.05, 0.1) is 11.5 Å². The third-order valence-electron chi connectivity index (χ3n) is 3.17. The quantitative estimate of drug-likeness (QED) is 0.885. The van der Waals surface area contributed by atoms with Crippen LogP contribution < -0.4 is 5.32 Å². The zero-order valence-corrected chi connectivity index (χ0v) is 11.0. The van der Waals surface area contributed by atoms with E-state index in [-0.39, 0.29) is 0 Å². The van der Waals surface area contributed by atoms with E-state index >= 15 is 0 Å². The molecule has 1 fully saturated rings. The van der Waals surface area contributed by atoms with Crippen molar-refractivity contribution in [1.82, 2.24) is 5.32 Å². The van der Waals surface area contributed by atoms with Gasteiger partial charge in [-0.1, -0.05) is 29.8 Å². The Kier molecular flexibility index (Phi) is 3.84. The van der Waals surface area contributed by atoms with E-state index in [2.05, 4.69) is 30.4 Å². The predicted octanol–water partition coefficient (Wildman–Crippen LogP) is 1.52. The van der Waals surface area contributed by atoms with Crippen molar-refractivity contribution in [3.05, 3.63) is 35.4 Å². The van der Waals surface area contributed by atoms with Crippen LogP contribution in [0.15, 0.2) is 24.3 Å². The van der Waals surface area contributed by atoms with Crippen molar-refractivity contribution >= 4 is 9.84 Å². The molecule has 0 aliphatic carbocycles. The molecular weight excluding hydrogens is 234 g/mol. The van der Waals surface area contributed by atoms with Crippen molar-refractivity contribution in [3.63, 3.8) is 0 Å². The maximum atomic E-state index is 11.3. The Morgan fingerprint density at radius 2 is 2.24 bits per heavy atom. The molecule has 2 rings (SSSR count). The van der Waals surface area contributed by atoms with Crippen LogP contribution in [-0.2, 0) is 16.4 Å². The summed E-state index contributed by atoms with van der Waals surface area (Å²) < 4.78 is 22.6. The summed E-state index contributed by atoms with van der Waals surface area (Å²) in [5.41, 5.74) is 2.51. The van der Waals surface area contributed by atoms with Crippen molar-refractivity contribution in [3.8, 4) is 0 Å². The Balaban J connectivity index is 1.77. The van der Waals surface area contributed by atoms with Gasteiger partial charge < -0.3 is 5.32 Å². The number of rotatable bonds is 4. The highest BCUT2D eigenvalue weighted by molar-refractivity contribution is 7.91. The molecule has 1 aromatic carbocycles. The molecule has 3 nitrogen and oxygen atoms in total. The molecule has 0 aromatic heterocycles. The molecule has 1 N–H and O–H groups in total. The van der Waals surface area contributed by atoms with Crippen LogP contribution in [-0.4, -0.2) is 26.5 Å². The molecular formula is C13H19NO2S. The molecule has 94 valence electrons. The molecule has 17 heavy (non-hydrogen) atoms. The average Bonchev–Trinajstić information content (AvgIpc) is 2.58. The maximum absolute atomic E-state index is 11.3. The largest absolute Gasteiger partial charge is 0.312 e. The summed E-state index contributed by atoms with van der Waals surface area (Å²) in [5.74, 6) is 1.02. The van der Waals surface area contributed by atoms with E-state index in [9.17, 15) is 8.42 Å². The van der Waals surface area contributed by atoms with Crippen LogP contribution in [0.5, 0.6) is 0 Å². The SMILES string of the molecule is Cc1cccc(CNCC2CCS(=O)(=O)C2)c1. The summed E-state index contributed by atoms with van der Waals surface area (Å²) in [4.78, 5) is 0. The van der Waals surface area contributed by atoms with Crippen LogP contribution in [0.1, 0.15) is 17.5 Å². The molecule has 0 bridgehead atoms. The van der Waals surface area contributed by atoms with E-state index in [1.807, 2.05) is 6.07 Å². The number of sulfone groups is 1. The van der Waals surface area contributed by atoms with Gasteiger partial charge in [-0.15, -0.1) is 0 Å². The lowest BCUT2D eigenvalue weighted by atomic mass is 10.1. The number of hydrogen-bond acceptors (Lipinski definition) is 3. The fourth-order valence-corrected chi connectivity index (χ4v) is 4.14. The second-order valence-electron chi connectivity index (χ2n) is 4.89. The third-order valence-corrected chi connectivity index (χ3v) is 5.01. The molecule has 0 saturated carbocycles. The Bertz CT molecular complexity index is 482. The van der Waals surface area contributed by atoms with Crippen LogP contribution in [0.4, 0.5) is 0 Å². The summed E-state index contributed by atoms with van der Waals surface area (Å²) in [7, 11) is -2.74. The number of benzene rings is 1. The van der Waals surface area contributed by atoms with Gasteiger partial charge in [0.1, 0.15) is 0 Å². The van der Waals surface area contributed by atoms with E-state index < -0.39 is 9.84 Å². The molecule has 1 aromatic rings. The minimum Gasteiger partial charge on any atom is -0.312 e. The first kappa shape index (κ1) is 12.6. The molecule has 1 unspecified atom stereocenters. The van der Waals surface area contributed by atoms with Crippen molar-refractivity contribution < 1.29 is 8.42 Å². The van der Waals surface area contributed by atoms with Gasteiger partial charge in [0.25, 0.3) is 0 Å². The van der Waals surface area contributed by atoms with Gasteiger partial charge in [0.15, 0.2) is 9.84 Å². The molecule has 1 aliphatic rings. The minimum absolute atomic E-state index is 0.296. The highest BCUT2D eigenvalue weighted by Crippen LogP contribution is 2.17. The number of aryl methyl sites for hydroxylation is 1. The van der Waals surface area contributed by atoms with Crippen molar-refractivity contribution in [2.24, 2.45) is 5.92 Å². The zero-order valence-electron chi connectivity index (χ0n) is 10.1. The van der Waals surface area contributed by atoms with Crippen molar-refractivity contribution in [2.45, 2.75) is 19.9 Å². The van der Waals surface area contributed by atoms with E-state index in [1.54, 1.807) is 0 Å². The number of nitrogens with one attached hydrogen (secondary N) is 1. The van der Waals surface area contributed by atoms with Crippen LogP contribution in [0.2, 0.25) is 0 Å². The second-order valence-corrected chi connectivity index (χ2v) is 7.12. The smallest absolute Gasteiger partial charge is 0.150 e. The predicted molar refractivity (Wildman–Crippen MR) is 69.6 cm³/mol. The van der Waals surface area contributed by atoms with Gasteiger partial charge in [-0.3, -0.25) is 0 Å². The standard InChI is InChI=1S/C13H19NO2S/c1-11-3-2-4-12(7-11)8-14-9-13-5-6-17(15,16)10-13/h2-4,7,13-14H,5-6,8-10H2,1H3. The highest BCUT2D eigenvalue weighted by atomic mass is 32.2. The normalized spacial score (nSPS) is 22.8. The lowest BCUT2D eigenvalue weighted by Crippen LogP contribution is -2.23. The molecule has 1 saturated heterocycles. The summed E-state index contributed by atoms with van der Waals surface area (Å²) in [6.45, 7) is 3.69. The molecule has 1 heterocycles. The fourth-order valence-electron chi connectivity index (χ4n) is 2.28. The first-order chi connectivity index (χ1) is 8.05. The zero-order chi connectivity index (χ0) is 12.3. The molecule has 1 atom stereocenters. The van der Waals surface area contributed by atoms with E-state index in [1.165, 1.54) is 11.1 Å². The maximum Gasteiger partial charge on any atom is 0.150 e. The fraction of sp³-hybridized carbons (Fsp3) is 0.538. The Morgan fingerprint density at radius 3 is 2.88 bits per heavy atom. The monoisotopic (exact) mass is 253 g/mol. The topological polar surface area (TPSA) is 46.2 Å². The molecule has 1 aliphatic heterocycles. The van der Waals surface area contributed by atoms with Gasteiger partial charge in [-0.25, -0.2) is 8.42 Å². The highest BCUT2D eigenvalue weighted by Gasteiger charge is 2.27. The summed E-state index contributed by atoms with van der Waals surface area (Å²) >= 11 is 0. The van der Waals surface area contributed by atoms with E-state index in [0.717, 1.165) is 19.5 Å². The summed E-state index contributed by atoms with van der Waals surface area (Å²) in [6.07, 6.45) is 0.809. The molecule has 4 heteroatoms. The molecule has 0 spiro atoms. The minimum atomic E-state index is -2.74. The lowest BCUT2D eigenvalue weighted by molar-refractivity contribution is 0.521. The Hall–Kier alpha value is -0.870. The summed E-state index contributed by atoms with van der Waals surface area (Å²) in [5, 5.41) is 3.34. The first-order valence-corrected chi connectivity index (χ1v) is 7.84. The summed E-state index contributed by atoms with van der Waals surface area (Å²) in [6, 6.07) is 8.36. The van der Waals surface area contributed by atoms with Crippen LogP contribution in [0.25, 0.3) is 0 Å². The molecule has 0 radical (unpaired) electrons. The van der Waals surface area contributed by atoms with Crippen LogP contribution in [0.3, 0.4) is 0 Å². The van der Waals surface area contributed by atoms with Crippen LogP contribution >= 0.6 is 0 Å². The average molecular weight is 253 g/mol. The van der Waals surface area contributed by atoms with E-state index in [0.29, 0.717) is 17.4 Å². The van der Waals surface area contributed by atoms with Crippen LogP contribution in [0, 0.1) is 12.8 Å². The molecule has 0 amide bonds. The lowest BCUT2D eigenvalue weighted by Gasteiger charge is -2.09. The van der Waals surface area contributed by atoms with Crippen molar-refractivity contribution in [2.75, 3.05) is 18.1 Å². The third kappa shape index (κ3) is 3.82. The van der Waals surface area contributed by atoms with Gasteiger partial charge >= 0.3 is 0 Å². The van der Waals surface area contributed by atoms with Gasteiger partial charge in [0, 0.05) is 6.54 Å². The Labute approximate surface area is 103 Å². The second kappa shape index (κ2) is 5.19. The van der Waals surface area contributed by atoms with E-state index in [4.69, 9.17) is 0 Å². The van der Waals surface area contributed by atoms with Gasteiger partial charge in [-0.2, -0.15) is 0 Å². The Morgan fingerprint density at radius 1 is 1.41 bits per heavy atom. The van der Waals surface area contributed by atoms with Gasteiger partial charge in [0.2, 0.25) is 0 Å². The first-order valence-electron chi connectivity index (χ1n) is 6.02. The van der Waals surface area contributed by atoms with Gasteiger partial charge in [-0.05, 0) is 31.4 Å². The number of hydrogen-bond donors (Lipinski definition) is 1.